The number of methoxy groups -OCH3 is 1. The molecule has 3 rings (SSSR count). The molecule has 1 aliphatic rings. The molecule has 6 nitrogen and oxygen atoms in total. The number of rotatable bonds is 7. The van der Waals surface area contributed by atoms with Gasteiger partial charge in [0.05, 0.1) is 17.7 Å². The van der Waals surface area contributed by atoms with Crippen LogP contribution in [0.3, 0.4) is 0 Å². The molecule has 1 aliphatic heterocycles. The van der Waals surface area contributed by atoms with Gasteiger partial charge in [0, 0.05) is 37.1 Å². The van der Waals surface area contributed by atoms with Crippen LogP contribution in [0.2, 0.25) is 5.02 Å². The topological polar surface area (TPSA) is 70.7 Å². The maximum Gasteiger partial charge on any atom is 0.261 e. The summed E-state index contributed by atoms with van der Waals surface area (Å²) in [5, 5.41) is 8.41. The molecule has 0 unspecified atom stereocenters. The Morgan fingerprint density at radius 3 is 2.75 bits per heavy atom. The van der Waals surface area contributed by atoms with E-state index >= 15 is 0 Å². The molecule has 0 bridgehead atoms. The van der Waals surface area contributed by atoms with E-state index in [1.54, 1.807) is 25.3 Å². The summed E-state index contributed by atoms with van der Waals surface area (Å²) in [6.07, 6.45) is 2.17. The summed E-state index contributed by atoms with van der Waals surface area (Å²) in [7, 11) is 1.56. The van der Waals surface area contributed by atoms with E-state index in [-0.39, 0.29) is 17.9 Å². The molecule has 1 aromatic heterocycles. The Balaban J connectivity index is 1.40. The van der Waals surface area contributed by atoms with Crippen molar-refractivity contribution in [3.63, 3.8) is 0 Å². The second-order valence-corrected chi connectivity index (χ2v) is 8.09. The summed E-state index contributed by atoms with van der Waals surface area (Å²) in [5.41, 5.74) is 0.579. The number of nitrogens with zero attached hydrogens (tertiary/aromatic N) is 1. The molecule has 150 valence electrons. The Hall–Kier alpha value is -2.09. The van der Waals surface area contributed by atoms with E-state index in [1.165, 1.54) is 11.3 Å². The van der Waals surface area contributed by atoms with Gasteiger partial charge in [-0.25, -0.2) is 0 Å². The van der Waals surface area contributed by atoms with Crippen molar-refractivity contribution in [3.8, 4) is 5.75 Å². The SMILES string of the molecule is COc1ccc(Cl)cc1NC(=O)CCN1CCC(NC(=O)c2cccs2)CC1. The molecule has 0 aliphatic carbocycles. The highest BCUT2D eigenvalue weighted by Crippen LogP contribution is 2.27. The Bertz CT molecular complexity index is 805. The van der Waals surface area contributed by atoms with Crippen molar-refractivity contribution < 1.29 is 14.3 Å². The maximum absolute atomic E-state index is 12.3. The molecule has 2 N–H and O–H groups in total. The Labute approximate surface area is 173 Å². The zero-order valence-corrected chi connectivity index (χ0v) is 17.3. The minimum Gasteiger partial charge on any atom is -0.495 e. The van der Waals surface area contributed by atoms with E-state index in [0.29, 0.717) is 29.4 Å². The molecular weight excluding hydrogens is 398 g/mol. The number of thiophene rings is 1. The Kier molecular flexibility index (Phi) is 7.30. The highest BCUT2D eigenvalue weighted by atomic mass is 35.5. The van der Waals surface area contributed by atoms with Gasteiger partial charge in [0.2, 0.25) is 5.91 Å². The lowest BCUT2D eigenvalue weighted by Crippen LogP contribution is -2.45. The largest absolute Gasteiger partial charge is 0.495 e. The van der Waals surface area contributed by atoms with Crippen LogP contribution in [0.15, 0.2) is 35.7 Å². The molecule has 2 aromatic rings. The predicted molar refractivity (Wildman–Crippen MR) is 112 cm³/mol. The van der Waals surface area contributed by atoms with Crippen molar-refractivity contribution in [2.75, 3.05) is 32.1 Å². The smallest absolute Gasteiger partial charge is 0.261 e. The van der Waals surface area contributed by atoms with Crippen LogP contribution in [0, 0.1) is 0 Å². The number of benzene rings is 1. The van der Waals surface area contributed by atoms with Crippen LogP contribution in [-0.2, 0) is 4.79 Å². The number of anilines is 1. The van der Waals surface area contributed by atoms with Gasteiger partial charge in [0.15, 0.2) is 0 Å². The number of hydrogen-bond acceptors (Lipinski definition) is 5. The standard InChI is InChI=1S/C20H24ClN3O3S/c1-27-17-5-4-14(21)13-16(17)23-19(25)8-11-24-9-6-15(7-10-24)22-20(26)18-3-2-12-28-18/h2-5,12-13,15H,6-11H2,1H3,(H,22,26)(H,23,25). The van der Waals surface area contributed by atoms with Crippen molar-refractivity contribution in [3.05, 3.63) is 45.6 Å². The zero-order valence-electron chi connectivity index (χ0n) is 15.7. The second kappa shape index (κ2) is 9.91. The quantitative estimate of drug-likeness (QED) is 0.716. The van der Waals surface area contributed by atoms with Crippen LogP contribution in [-0.4, -0.2) is 49.5 Å². The zero-order chi connectivity index (χ0) is 19.9. The fourth-order valence-electron chi connectivity index (χ4n) is 3.22. The molecule has 1 fully saturated rings. The lowest BCUT2D eigenvalue weighted by Gasteiger charge is -2.32. The number of amides is 2. The molecule has 1 saturated heterocycles. The first kappa shape index (κ1) is 20.6. The molecule has 1 aromatic carbocycles. The molecule has 0 atom stereocenters. The summed E-state index contributed by atoms with van der Waals surface area (Å²) in [6.45, 7) is 2.41. The first-order valence-corrected chi connectivity index (χ1v) is 10.5. The molecule has 0 radical (unpaired) electrons. The average molecular weight is 422 g/mol. The molecule has 2 amide bonds. The number of ether oxygens (including phenoxy) is 1. The van der Waals surface area contributed by atoms with E-state index in [2.05, 4.69) is 15.5 Å². The van der Waals surface area contributed by atoms with Gasteiger partial charge in [0.1, 0.15) is 5.75 Å². The van der Waals surface area contributed by atoms with Gasteiger partial charge in [-0.3, -0.25) is 9.59 Å². The first-order valence-electron chi connectivity index (χ1n) is 9.25. The summed E-state index contributed by atoms with van der Waals surface area (Å²) < 4.78 is 5.25. The molecule has 28 heavy (non-hydrogen) atoms. The van der Waals surface area contributed by atoms with Crippen molar-refractivity contribution in [1.82, 2.24) is 10.2 Å². The van der Waals surface area contributed by atoms with Crippen LogP contribution < -0.4 is 15.4 Å². The van der Waals surface area contributed by atoms with E-state index in [0.717, 1.165) is 30.8 Å². The fourth-order valence-corrected chi connectivity index (χ4v) is 4.01. The van der Waals surface area contributed by atoms with Gasteiger partial charge in [0.25, 0.3) is 5.91 Å². The van der Waals surface area contributed by atoms with E-state index in [4.69, 9.17) is 16.3 Å². The third kappa shape index (κ3) is 5.70. The van der Waals surface area contributed by atoms with Crippen molar-refractivity contribution >= 4 is 40.4 Å². The van der Waals surface area contributed by atoms with Gasteiger partial charge in [-0.05, 0) is 42.5 Å². The van der Waals surface area contributed by atoms with Gasteiger partial charge in [-0.1, -0.05) is 17.7 Å². The van der Waals surface area contributed by atoms with Gasteiger partial charge >= 0.3 is 0 Å². The van der Waals surface area contributed by atoms with E-state index in [9.17, 15) is 9.59 Å². The van der Waals surface area contributed by atoms with Crippen LogP contribution in [0.1, 0.15) is 28.9 Å². The predicted octanol–water partition coefficient (Wildman–Crippen LogP) is 3.63. The highest BCUT2D eigenvalue weighted by Gasteiger charge is 2.22. The second-order valence-electron chi connectivity index (χ2n) is 6.71. The maximum atomic E-state index is 12.3. The lowest BCUT2D eigenvalue weighted by molar-refractivity contribution is -0.116. The summed E-state index contributed by atoms with van der Waals surface area (Å²) in [4.78, 5) is 27.4. The third-order valence-corrected chi connectivity index (χ3v) is 5.86. The van der Waals surface area contributed by atoms with Crippen molar-refractivity contribution in [2.24, 2.45) is 0 Å². The minimum atomic E-state index is -0.0753. The third-order valence-electron chi connectivity index (χ3n) is 4.76. The lowest BCUT2D eigenvalue weighted by atomic mass is 10.0. The van der Waals surface area contributed by atoms with Crippen LogP contribution in [0.25, 0.3) is 0 Å². The fraction of sp³-hybridized carbons (Fsp3) is 0.400. The number of likely N-dealkylation sites (tertiary alicyclic amines) is 1. The van der Waals surface area contributed by atoms with Crippen molar-refractivity contribution in [1.29, 1.82) is 0 Å². The number of carbonyl (C=O) groups excluding carboxylic acids is 2. The summed E-state index contributed by atoms with van der Waals surface area (Å²) >= 11 is 7.45. The number of hydrogen-bond donors (Lipinski definition) is 2. The number of halogens is 1. The average Bonchev–Trinajstić information content (AvgIpc) is 3.23. The Morgan fingerprint density at radius 1 is 1.29 bits per heavy atom. The van der Waals surface area contributed by atoms with Crippen LogP contribution >= 0.6 is 22.9 Å². The van der Waals surface area contributed by atoms with Crippen LogP contribution in [0.4, 0.5) is 5.69 Å². The number of carbonyl (C=O) groups is 2. The van der Waals surface area contributed by atoms with Gasteiger partial charge in [-0.15, -0.1) is 11.3 Å². The van der Waals surface area contributed by atoms with Crippen molar-refractivity contribution in [2.45, 2.75) is 25.3 Å². The summed E-state index contributed by atoms with van der Waals surface area (Å²) in [5.74, 6) is 0.511. The van der Waals surface area contributed by atoms with Gasteiger partial charge in [-0.2, -0.15) is 0 Å². The normalized spacial score (nSPS) is 15.2. The van der Waals surface area contributed by atoms with E-state index in [1.807, 2.05) is 17.5 Å². The highest BCUT2D eigenvalue weighted by molar-refractivity contribution is 7.12. The molecule has 2 heterocycles. The van der Waals surface area contributed by atoms with Crippen LogP contribution in [0.5, 0.6) is 5.75 Å². The minimum absolute atomic E-state index is 0.00305. The molecule has 8 heteroatoms. The Morgan fingerprint density at radius 2 is 2.07 bits per heavy atom. The number of piperidine rings is 1. The number of nitrogens with one attached hydrogen (secondary N) is 2. The summed E-state index contributed by atoms with van der Waals surface area (Å²) in [6, 6.07) is 9.04. The van der Waals surface area contributed by atoms with E-state index < -0.39 is 0 Å². The molecule has 0 saturated carbocycles. The molecular formula is C20H24ClN3O3S. The first-order chi connectivity index (χ1) is 13.5. The monoisotopic (exact) mass is 421 g/mol. The van der Waals surface area contributed by atoms with Gasteiger partial charge < -0.3 is 20.3 Å². The molecule has 0 spiro atoms.